The lowest BCUT2D eigenvalue weighted by atomic mass is 9.99. The molecule has 3 heterocycles. The Morgan fingerprint density at radius 3 is 2.95 bits per heavy atom. The Kier molecular flexibility index (Phi) is 3.06. The fourth-order valence-electron chi connectivity index (χ4n) is 3.15. The smallest absolute Gasteiger partial charge is 0.289 e. The largest absolute Gasteiger partial charge is 0.493 e. The van der Waals surface area contributed by atoms with Gasteiger partial charge in [-0.25, -0.2) is 0 Å². The average molecular weight is 299 g/mol. The van der Waals surface area contributed by atoms with Crippen LogP contribution in [-0.2, 0) is 19.4 Å². The molecular formula is C17H17NO4. The maximum atomic E-state index is 12.4. The summed E-state index contributed by atoms with van der Waals surface area (Å²) in [5, 5.41) is 0. The normalized spacial score (nSPS) is 15.0. The summed E-state index contributed by atoms with van der Waals surface area (Å²) < 4.78 is 16.7. The SMILES string of the molecule is CN(Cc1c2c(cc3c1OCC3)OCC2)C(=O)c1ccco1. The van der Waals surface area contributed by atoms with Crippen LogP contribution in [0.3, 0.4) is 0 Å². The van der Waals surface area contributed by atoms with Gasteiger partial charge in [-0.2, -0.15) is 0 Å². The van der Waals surface area contributed by atoms with Crippen LogP contribution in [-0.4, -0.2) is 31.1 Å². The standard InChI is InChI=1S/C17H17NO4/c1-18(17(19)14-3-2-6-20-14)10-13-12-5-8-21-15(12)9-11-4-7-22-16(11)13/h2-3,6,9H,4-5,7-8,10H2,1H3. The summed E-state index contributed by atoms with van der Waals surface area (Å²) in [5.41, 5.74) is 3.42. The van der Waals surface area contributed by atoms with Crippen LogP contribution in [0.1, 0.15) is 27.2 Å². The summed E-state index contributed by atoms with van der Waals surface area (Å²) in [7, 11) is 1.78. The van der Waals surface area contributed by atoms with Gasteiger partial charge in [-0.05, 0) is 18.2 Å². The molecule has 1 aromatic heterocycles. The molecule has 2 aliphatic heterocycles. The van der Waals surface area contributed by atoms with E-state index in [0.717, 1.165) is 29.9 Å². The number of hydrogen-bond donors (Lipinski definition) is 0. The first-order valence-electron chi connectivity index (χ1n) is 7.46. The highest BCUT2D eigenvalue weighted by molar-refractivity contribution is 5.91. The number of furan rings is 1. The Balaban J connectivity index is 1.67. The van der Waals surface area contributed by atoms with Crippen molar-refractivity contribution in [1.29, 1.82) is 0 Å². The van der Waals surface area contributed by atoms with Crippen molar-refractivity contribution in [3.05, 3.63) is 46.9 Å². The van der Waals surface area contributed by atoms with Crippen molar-refractivity contribution in [1.82, 2.24) is 4.90 Å². The molecule has 0 saturated carbocycles. The van der Waals surface area contributed by atoms with E-state index in [1.807, 2.05) is 0 Å². The topological polar surface area (TPSA) is 51.9 Å². The summed E-state index contributed by atoms with van der Waals surface area (Å²) in [4.78, 5) is 14.0. The van der Waals surface area contributed by atoms with Gasteiger partial charge < -0.3 is 18.8 Å². The molecule has 0 radical (unpaired) electrons. The van der Waals surface area contributed by atoms with Gasteiger partial charge in [-0.15, -0.1) is 0 Å². The number of benzene rings is 1. The Morgan fingerprint density at radius 1 is 1.27 bits per heavy atom. The van der Waals surface area contributed by atoms with E-state index in [4.69, 9.17) is 13.9 Å². The molecule has 0 aliphatic carbocycles. The number of rotatable bonds is 3. The van der Waals surface area contributed by atoms with E-state index in [2.05, 4.69) is 6.07 Å². The van der Waals surface area contributed by atoms with Gasteiger partial charge in [0, 0.05) is 43.1 Å². The van der Waals surface area contributed by atoms with Crippen molar-refractivity contribution in [2.45, 2.75) is 19.4 Å². The summed E-state index contributed by atoms with van der Waals surface area (Å²) in [6.07, 6.45) is 3.27. The van der Waals surface area contributed by atoms with Gasteiger partial charge in [-0.1, -0.05) is 0 Å². The number of amides is 1. The molecule has 5 nitrogen and oxygen atoms in total. The number of ether oxygens (including phenoxy) is 2. The van der Waals surface area contributed by atoms with Crippen LogP contribution in [0.5, 0.6) is 11.5 Å². The molecule has 0 N–H and O–H groups in total. The summed E-state index contributed by atoms with van der Waals surface area (Å²) in [6.45, 7) is 1.89. The molecule has 0 atom stereocenters. The molecule has 0 spiro atoms. The minimum atomic E-state index is -0.131. The third-order valence-electron chi connectivity index (χ3n) is 4.23. The second-order valence-corrected chi connectivity index (χ2v) is 5.66. The van der Waals surface area contributed by atoms with Crippen molar-refractivity contribution < 1.29 is 18.7 Å². The van der Waals surface area contributed by atoms with E-state index in [0.29, 0.717) is 25.5 Å². The van der Waals surface area contributed by atoms with E-state index in [1.54, 1.807) is 24.1 Å². The highest BCUT2D eigenvalue weighted by atomic mass is 16.5. The maximum Gasteiger partial charge on any atom is 0.289 e. The van der Waals surface area contributed by atoms with E-state index in [1.165, 1.54) is 17.4 Å². The fourth-order valence-corrected chi connectivity index (χ4v) is 3.15. The van der Waals surface area contributed by atoms with Crippen LogP contribution in [0.2, 0.25) is 0 Å². The number of fused-ring (bicyclic) bond motifs is 2. The number of carbonyl (C=O) groups is 1. The third-order valence-corrected chi connectivity index (χ3v) is 4.23. The van der Waals surface area contributed by atoms with Crippen molar-refractivity contribution in [2.24, 2.45) is 0 Å². The zero-order chi connectivity index (χ0) is 15.1. The highest BCUT2D eigenvalue weighted by Crippen LogP contribution is 2.41. The predicted molar refractivity (Wildman–Crippen MR) is 79.3 cm³/mol. The van der Waals surface area contributed by atoms with Crippen LogP contribution >= 0.6 is 0 Å². The number of hydrogen-bond acceptors (Lipinski definition) is 4. The molecular weight excluding hydrogens is 282 g/mol. The summed E-state index contributed by atoms with van der Waals surface area (Å²) in [5.74, 6) is 2.10. The van der Waals surface area contributed by atoms with Crippen molar-refractivity contribution in [3.63, 3.8) is 0 Å². The van der Waals surface area contributed by atoms with Gasteiger partial charge in [0.1, 0.15) is 11.5 Å². The zero-order valence-electron chi connectivity index (χ0n) is 12.4. The first-order valence-corrected chi connectivity index (χ1v) is 7.46. The van der Waals surface area contributed by atoms with Crippen LogP contribution in [0, 0.1) is 0 Å². The Bertz CT molecular complexity index is 689. The average Bonchev–Trinajstić information content (AvgIpc) is 3.26. The summed E-state index contributed by atoms with van der Waals surface area (Å²) >= 11 is 0. The second kappa shape index (κ2) is 5.09. The highest BCUT2D eigenvalue weighted by Gasteiger charge is 2.28. The molecule has 0 unspecified atom stereocenters. The van der Waals surface area contributed by atoms with E-state index in [-0.39, 0.29) is 5.91 Å². The molecule has 0 bridgehead atoms. The maximum absolute atomic E-state index is 12.4. The molecule has 0 fully saturated rings. The minimum Gasteiger partial charge on any atom is -0.493 e. The van der Waals surface area contributed by atoms with Crippen LogP contribution < -0.4 is 9.47 Å². The van der Waals surface area contributed by atoms with Gasteiger partial charge in [0.15, 0.2) is 5.76 Å². The minimum absolute atomic E-state index is 0.131. The monoisotopic (exact) mass is 299 g/mol. The molecule has 0 saturated heterocycles. The molecule has 2 aromatic rings. The molecule has 1 aromatic carbocycles. The molecule has 4 rings (SSSR count). The van der Waals surface area contributed by atoms with Gasteiger partial charge in [-0.3, -0.25) is 4.79 Å². The van der Waals surface area contributed by atoms with E-state index >= 15 is 0 Å². The van der Waals surface area contributed by atoms with Gasteiger partial charge in [0.2, 0.25) is 0 Å². The molecule has 114 valence electrons. The van der Waals surface area contributed by atoms with Crippen molar-refractivity contribution >= 4 is 5.91 Å². The predicted octanol–water partition coefficient (Wildman–Crippen LogP) is 2.42. The number of nitrogens with zero attached hydrogens (tertiary/aromatic N) is 1. The van der Waals surface area contributed by atoms with Gasteiger partial charge in [0.05, 0.1) is 19.5 Å². The molecule has 2 aliphatic rings. The first kappa shape index (κ1) is 13.2. The molecule has 5 heteroatoms. The lowest BCUT2D eigenvalue weighted by Crippen LogP contribution is -2.26. The van der Waals surface area contributed by atoms with Crippen LogP contribution in [0.25, 0.3) is 0 Å². The Hall–Kier alpha value is -2.43. The number of carbonyl (C=O) groups excluding carboxylic acids is 1. The van der Waals surface area contributed by atoms with E-state index < -0.39 is 0 Å². The van der Waals surface area contributed by atoms with Gasteiger partial charge in [0.25, 0.3) is 5.91 Å². The Morgan fingerprint density at radius 2 is 2.14 bits per heavy atom. The second-order valence-electron chi connectivity index (χ2n) is 5.66. The lowest BCUT2D eigenvalue weighted by molar-refractivity contribution is 0.0752. The Labute approximate surface area is 128 Å². The molecule has 1 amide bonds. The lowest BCUT2D eigenvalue weighted by Gasteiger charge is -2.20. The van der Waals surface area contributed by atoms with Crippen molar-refractivity contribution in [2.75, 3.05) is 20.3 Å². The van der Waals surface area contributed by atoms with Crippen molar-refractivity contribution in [3.8, 4) is 11.5 Å². The summed E-state index contributed by atoms with van der Waals surface area (Å²) in [6, 6.07) is 5.48. The van der Waals surface area contributed by atoms with Crippen LogP contribution in [0.4, 0.5) is 0 Å². The zero-order valence-corrected chi connectivity index (χ0v) is 12.4. The van der Waals surface area contributed by atoms with Gasteiger partial charge >= 0.3 is 0 Å². The van der Waals surface area contributed by atoms with E-state index in [9.17, 15) is 4.79 Å². The first-order chi connectivity index (χ1) is 10.7. The quantitative estimate of drug-likeness (QED) is 0.873. The van der Waals surface area contributed by atoms with Crippen LogP contribution in [0.15, 0.2) is 28.9 Å². The molecule has 22 heavy (non-hydrogen) atoms. The third kappa shape index (κ3) is 2.04. The fraction of sp³-hybridized carbons (Fsp3) is 0.353.